The van der Waals surface area contributed by atoms with E-state index in [-0.39, 0.29) is 17.6 Å². The summed E-state index contributed by atoms with van der Waals surface area (Å²) >= 11 is 0. The van der Waals surface area contributed by atoms with E-state index < -0.39 is 0 Å². The summed E-state index contributed by atoms with van der Waals surface area (Å²) in [6, 6.07) is 9.39. The molecule has 0 saturated carbocycles. The van der Waals surface area contributed by atoms with Gasteiger partial charge in [0.15, 0.2) is 0 Å². The number of carbonyl (C=O) groups is 1. The molecule has 4 nitrogen and oxygen atoms in total. The summed E-state index contributed by atoms with van der Waals surface area (Å²) in [6.45, 7) is 1.92. The summed E-state index contributed by atoms with van der Waals surface area (Å²) in [5.41, 5.74) is 1.39. The predicted octanol–water partition coefficient (Wildman–Crippen LogP) is 3.36. The van der Waals surface area contributed by atoms with Crippen LogP contribution in [0.15, 0.2) is 42.6 Å². The molecule has 2 rings (SSSR count). The van der Waals surface area contributed by atoms with Crippen molar-refractivity contribution in [1.82, 2.24) is 4.98 Å². The third kappa shape index (κ3) is 3.78. The van der Waals surface area contributed by atoms with E-state index in [4.69, 9.17) is 4.74 Å². The van der Waals surface area contributed by atoms with Crippen molar-refractivity contribution in [3.8, 4) is 5.88 Å². The smallest absolute Gasteiger partial charge is 0.231 e. The van der Waals surface area contributed by atoms with E-state index in [1.165, 1.54) is 25.4 Å². The number of hydrogen-bond donors (Lipinski definition) is 1. The molecule has 0 aliphatic carbocycles. The zero-order chi connectivity index (χ0) is 15.2. The molecule has 1 heterocycles. The highest BCUT2D eigenvalue weighted by Crippen LogP contribution is 2.22. The maximum atomic E-state index is 13.0. The molecule has 1 aromatic heterocycles. The fourth-order valence-corrected chi connectivity index (χ4v) is 2.07. The number of ether oxygens (including phenoxy) is 1. The number of aromatic nitrogens is 1. The van der Waals surface area contributed by atoms with E-state index in [2.05, 4.69) is 10.3 Å². The van der Waals surface area contributed by atoms with Crippen LogP contribution in [0.25, 0.3) is 0 Å². The lowest BCUT2D eigenvalue weighted by Gasteiger charge is -2.15. The number of rotatable bonds is 5. The highest BCUT2D eigenvalue weighted by Gasteiger charge is 2.18. The first kappa shape index (κ1) is 15.0. The predicted molar refractivity (Wildman–Crippen MR) is 78.9 cm³/mol. The van der Waals surface area contributed by atoms with Crippen LogP contribution in [0, 0.1) is 5.82 Å². The van der Waals surface area contributed by atoms with Crippen molar-refractivity contribution in [2.75, 3.05) is 12.4 Å². The van der Waals surface area contributed by atoms with Gasteiger partial charge in [-0.25, -0.2) is 9.37 Å². The van der Waals surface area contributed by atoms with Crippen molar-refractivity contribution < 1.29 is 13.9 Å². The molecule has 1 atom stereocenters. The second kappa shape index (κ2) is 6.83. The van der Waals surface area contributed by atoms with Crippen LogP contribution in [-0.4, -0.2) is 18.0 Å². The van der Waals surface area contributed by atoms with Gasteiger partial charge in [-0.1, -0.05) is 19.1 Å². The molecule has 0 radical (unpaired) electrons. The molecule has 5 heteroatoms. The minimum Gasteiger partial charge on any atom is -0.481 e. The lowest BCUT2D eigenvalue weighted by Crippen LogP contribution is -2.20. The Bertz CT molecular complexity index is 597. The molecule has 0 saturated heterocycles. The molecule has 0 aliphatic heterocycles. The first-order valence-corrected chi connectivity index (χ1v) is 6.70. The van der Waals surface area contributed by atoms with Crippen LogP contribution in [0.1, 0.15) is 24.8 Å². The first-order chi connectivity index (χ1) is 10.1. The fourth-order valence-electron chi connectivity index (χ4n) is 2.07. The normalized spacial score (nSPS) is 11.8. The highest BCUT2D eigenvalue weighted by molar-refractivity contribution is 5.95. The third-order valence-corrected chi connectivity index (χ3v) is 3.21. The topological polar surface area (TPSA) is 51.2 Å². The molecular weight excluding hydrogens is 271 g/mol. The Labute approximate surface area is 123 Å². The standard InChI is InChI=1S/C16H17FN2O2/c1-3-14(11-4-6-12(17)7-5-11)16(20)19-13-8-9-15(21-2)18-10-13/h4-10,14H,3H2,1-2H3,(H,19,20). The maximum Gasteiger partial charge on any atom is 0.231 e. The number of amides is 1. The van der Waals surface area contributed by atoms with Crippen LogP contribution in [0.4, 0.5) is 10.1 Å². The Kier molecular flexibility index (Phi) is 4.87. The second-order valence-corrected chi connectivity index (χ2v) is 4.59. The number of nitrogens with one attached hydrogen (secondary N) is 1. The summed E-state index contributed by atoms with van der Waals surface area (Å²) in [4.78, 5) is 16.4. The van der Waals surface area contributed by atoms with E-state index in [0.717, 1.165) is 5.56 Å². The van der Waals surface area contributed by atoms with Crippen molar-refractivity contribution in [3.63, 3.8) is 0 Å². The molecule has 0 fully saturated rings. The molecule has 1 aromatic carbocycles. The first-order valence-electron chi connectivity index (χ1n) is 6.70. The van der Waals surface area contributed by atoms with Crippen LogP contribution in [0.3, 0.4) is 0 Å². The lowest BCUT2D eigenvalue weighted by atomic mass is 9.95. The summed E-state index contributed by atoms with van der Waals surface area (Å²) in [6.07, 6.45) is 2.16. The van der Waals surface area contributed by atoms with E-state index in [9.17, 15) is 9.18 Å². The monoisotopic (exact) mass is 288 g/mol. The number of methoxy groups -OCH3 is 1. The van der Waals surface area contributed by atoms with E-state index in [1.807, 2.05) is 6.92 Å². The zero-order valence-electron chi connectivity index (χ0n) is 12.0. The van der Waals surface area contributed by atoms with E-state index in [0.29, 0.717) is 18.0 Å². The van der Waals surface area contributed by atoms with Crippen LogP contribution < -0.4 is 10.1 Å². The van der Waals surface area contributed by atoms with Gasteiger partial charge < -0.3 is 10.1 Å². The van der Waals surface area contributed by atoms with Gasteiger partial charge in [-0.3, -0.25) is 4.79 Å². The van der Waals surface area contributed by atoms with Crippen molar-refractivity contribution in [3.05, 3.63) is 54.0 Å². The number of pyridine rings is 1. The lowest BCUT2D eigenvalue weighted by molar-refractivity contribution is -0.117. The van der Waals surface area contributed by atoms with Gasteiger partial charge >= 0.3 is 0 Å². The van der Waals surface area contributed by atoms with Crippen molar-refractivity contribution >= 4 is 11.6 Å². The van der Waals surface area contributed by atoms with Gasteiger partial charge in [-0.2, -0.15) is 0 Å². The Hall–Kier alpha value is -2.43. The number of nitrogens with zero attached hydrogens (tertiary/aromatic N) is 1. The van der Waals surface area contributed by atoms with Gasteiger partial charge in [0.1, 0.15) is 5.82 Å². The van der Waals surface area contributed by atoms with E-state index in [1.54, 1.807) is 24.3 Å². The van der Waals surface area contributed by atoms with E-state index >= 15 is 0 Å². The van der Waals surface area contributed by atoms with Crippen molar-refractivity contribution in [1.29, 1.82) is 0 Å². The van der Waals surface area contributed by atoms with Gasteiger partial charge in [-0.05, 0) is 30.2 Å². The Balaban J connectivity index is 2.10. The SMILES string of the molecule is CCC(C(=O)Nc1ccc(OC)nc1)c1ccc(F)cc1. The largest absolute Gasteiger partial charge is 0.481 e. The van der Waals surface area contributed by atoms with Crippen LogP contribution in [-0.2, 0) is 4.79 Å². The van der Waals surface area contributed by atoms with Crippen LogP contribution in [0.5, 0.6) is 5.88 Å². The number of benzene rings is 1. The molecule has 0 bridgehead atoms. The summed E-state index contributed by atoms with van der Waals surface area (Å²) in [5, 5.41) is 2.81. The third-order valence-electron chi connectivity index (χ3n) is 3.21. The Morgan fingerprint density at radius 2 is 2.00 bits per heavy atom. The van der Waals surface area contributed by atoms with Crippen molar-refractivity contribution in [2.45, 2.75) is 19.3 Å². The average Bonchev–Trinajstić information content (AvgIpc) is 2.50. The summed E-state index contributed by atoms with van der Waals surface area (Å²) in [7, 11) is 1.53. The minimum absolute atomic E-state index is 0.143. The summed E-state index contributed by atoms with van der Waals surface area (Å²) in [5.74, 6) is -0.296. The second-order valence-electron chi connectivity index (χ2n) is 4.59. The minimum atomic E-state index is -0.326. The van der Waals surface area contributed by atoms with Gasteiger partial charge in [0.05, 0.1) is 24.9 Å². The highest BCUT2D eigenvalue weighted by atomic mass is 19.1. The molecule has 1 unspecified atom stereocenters. The van der Waals surface area contributed by atoms with Gasteiger partial charge in [-0.15, -0.1) is 0 Å². The van der Waals surface area contributed by atoms with Gasteiger partial charge in [0.25, 0.3) is 0 Å². The molecule has 21 heavy (non-hydrogen) atoms. The molecule has 1 amide bonds. The zero-order valence-corrected chi connectivity index (χ0v) is 12.0. The quantitative estimate of drug-likeness (QED) is 0.917. The van der Waals surface area contributed by atoms with Crippen LogP contribution >= 0.6 is 0 Å². The molecular formula is C16H17FN2O2. The summed E-state index contributed by atoms with van der Waals surface area (Å²) < 4.78 is 17.9. The van der Waals surface area contributed by atoms with Crippen molar-refractivity contribution in [2.24, 2.45) is 0 Å². The average molecular weight is 288 g/mol. The number of anilines is 1. The fraction of sp³-hybridized carbons (Fsp3) is 0.250. The molecule has 0 spiro atoms. The Morgan fingerprint density at radius 1 is 1.29 bits per heavy atom. The molecule has 1 N–H and O–H groups in total. The number of hydrogen-bond acceptors (Lipinski definition) is 3. The van der Waals surface area contributed by atoms with Gasteiger partial charge in [0.2, 0.25) is 11.8 Å². The number of halogens is 1. The molecule has 2 aromatic rings. The van der Waals surface area contributed by atoms with Crippen LogP contribution in [0.2, 0.25) is 0 Å². The maximum absolute atomic E-state index is 13.0. The molecule has 0 aliphatic rings. The number of carbonyl (C=O) groups excluding carboxylic acids is 1. The van der Waals surface area contributed by atoms with Gasteiger partial charge in [0, 0.05) is 6.07 Å². The Morgan fingerprint density at radius 3 is 2.52 bits per heavy atom. The molecule has 110 valence electrons.